The maximum Gasteiger partial charge on any atom is 0.410 e. The zero-order chi connectivity index (χ0) is 21.4. The summed E-state index contributed by atoms with van der Waals surface area (Å²) < 4.78 is 11.0. The summed E-state index contributed by atoms with van der Waals surface area (Å²) in [5.41, 5.74) is 2.43. The maximum atomic E-state index is 12.4. The summed E-state index contributed by atoms with van der Waals surface area (Å²) in [5, 5.41) is 0. The number of amides is 1. The molecule has 0 N–H and O–H groups in total. The molecule has 0 radical (unpaired) electrons. The van der Waals surface area contributed by atoms with E-state index in [2.05, 4.69) is 4.90 Å². The van der Waals surface area contributed by atoms with Gasteiger partial charge in [0.25, 0.3) is 0 Å². The summed E-state index contributed by atoms with van der Waals surface area (Å²) in [4.78, 5) is 26.0. The highest BCUT2D eigenvalue weighted by Gasteiger charge is 2.38. The van der Waals surface area contributed by atoms with E-state index in [4.69, 9.17) is 19.4 Å². The first-order valence-corrected chi connectivity index (χ1v) is 11.5. The Hall–Kier alpha value is -2.05. The predicted octanol–water partition coefficient (Wildman–Crippen LogP) is 3.98. The highest BCUT2D eigenvalue weighted by atomic mass is 16.6. The molecule has 0 bridgehead atoms. The lowest BCUT2D eigenvalue weighted by atomic mass is 9.65. The van der Waals surface area contributed by atoms with Crippen molar-refractivity contribution >= 4 is 11.9 Å². The smallest absolute Gasteiger partial charge is 0.410 e. The van der Waals surface area contributed by atoms with E-state index in [0.29, 0.717) is 24.5 Å². The van der Waals surface area contributed by atoms with E-state index in [1.165, 1.54) is 49.8 Å². The van der Waals surface area contributed by atoms with Gasteiger partial charge in [-0.25, -0.2) is 4.79 Å². The molecule has 1 amide bonds. The number of fused-ring (bicyclic) bond motifs is 1. The van der Waals surface area contributed by atoms with E-state index in [0.717, 1.165) is 31.7 Å². The Morgan fingerprint density at radius 2 is 1.70 bits per heavy atom. The van der Waals surface area contributed by atoms with Crippen molar-refractivity contribution in [3.63, 3.8) is 0 Å². The number of methoxy groups -OCH3 is 1. The van der Waals surface area contributed by atoms with Crippen molar-refractivity contribution < 1.29 is 14.3 Å². The van der Waals surface area contributed by atoms with Crippen molar-refractivity contribution in [1.29, 1.82) is 0 Å². The van der Waals surface area contributed by atoms with Crippen LogP contribution in [0.2, 0.25) is 0 Å². The third-order valence-electron chi connectivity index (χ3n) is 6.83. The number of anilines is 1. The van der Waals surface area contributed by atoms with Crippen LogP contribution in [0.4, 0.5) is 10.6 Å². The monoisotopic (exact) mass is 416 g/mol. The summed E-state index contributed by atoms with van der Waals surface area (Å²) in [6.07, 6.45) is 9.80. The van der Waals surface area contributed by atoms with Crippen molar-refractivity contribution in [3.8, 4) is 6.01 Å². The first-order chi connectivity index (χ1) is 14.3. The van der Waals surface area contributed by atoms with Crippen LogP contribution in [0.25, 0.3) is 0 Å². The van der Waals surface area contributed by atoms with Crippen LogP contribution in [0.3, 0.4) is 0 Å². The number of rotatable bonds is 2. The standard InChI is InChI=1S/C23H36N4O3/c1-22(2,3)30-21(28)27-14-12-26(13-15-27)19-17-8-11-23(9-6-5-7-10-23)16-18(17)24-20(25-19)29-4/h5-16H2,1-4H3. The molecule has 30 heavy (non-hydrogen) atoms. The van der Waals surface area contributed by atoms with Crippen LogP contribution in [-0.2, 0) is 17.6 Å². The zero-order valence-corrected chi connectivity index (χ0v) is 19.0. The third kappa shape index (κ3) is 4.49. The number of carbonyl (C=O) groups excluding carboxylic acids is 1. The van der Waals surface area contributed by atoms with Crippen LogP contribution < -0.4 is 9.64 Å². The fourth-order valence-corrected chi connectivity index (χ4v) is 5.24. The summed E-state index contributed by atoms with van der Waals surface area (Å²) >= 11 is 0. The Bertz CT molecular complexity index is 775. The molecule has 0 aromatic carbocycles. The van der Waals surface area contributed by atoms with Crippen molar-refractivity contribution in [2.24, 2.45) is 5.41 Å². The van der Waals surface area contributed by atoms with Crippen LogP contribution in [0, 0.1) is 5.41 Å². The molecular formula is C23H36N4O3. The third-order valence-corrected chi connectivity index (χ3v) is 6.83. The van der Waals surface area contributed by atoms with Gasteiger partial charge in [-0.1, -0.05) is 19.3 Å². The van der Waals surface area contributed by atoms with E-state index >= 15 is 0 Å². The Balaban J connectivity index is 1.50. The first-order valence-electron chi connectivity index (χ1n) is 11.5. The normalized spacial score (nSPS) is 21.3. The highest BCUT2D eigenvalue weighted by Crippen LogP contribution is 2.47. The summed E-state index contributed by atoms with van der Waals surface area (Å²) in [5.74, 6) is 1.01. The van der Waals surface area contributed by atoms with E-state index in [-0.39, 0.29) is 6.09 Å². The fourth-order valence-electron chi connectivity index (χ4n) is 5.24. The molecule has 166 valence electrons. The molecule has 2 heterocycles. The van der Waals surface area contributed by atoms with Gasteiger partial charge >= 0.3 is 12.1 Å². The Labute approximate surface area is 180 Å². The average Bonchev–Trinajstić information content (AvgIpc) is 2.72. The van der Waals surface area contributed by atoms with E-state index in [1.807, 2.05) is 20.8 Å². The number of hydrogen-bond donors (Lipinski definition) is 0. The largest absolute Gasteiger partial charge is 0.467 e. The Morgan fingerprint density at radius 3 is 2.33 bits per heavy atom. The molecule has 4 rings (SSSR count). The zero-order valence-electron chi connectivity index (χ0n) is 19.0. The minimum absolute atomic E-state index is 0.233. The quantitative estimate of drug-likeness (QED) is 0.726. The first kappa shape index (κ1) is 21.2. The van der Waals surface area contributed by atoms with Gasteiger partial charge in [0.1, 0.15) is 11.4 Å². The maximum absolute atomic E-state index is 12.4. The van der Waals surface area contributed by atoms with Crippen molar-refractivity contribution in [2.75, 3.05) is 38.2 Å². The number of aromatic nitrogens is 2. The molecule has 3 aliphatic rings. The molecule has 1 saturated heterocycles. The summed E-state index contributed by atoms with van der Waals surface area (Å²) in [6, 6.07) is 0.464. The molecule has 1 aromatic rings. The van der Waals surface area contributed by atoms with Gasteiger partial charge in [0.2, 0.25) is 0 Å². The van der Waals surface area contributed by atoms with E-state index < -0.39 is 5.60 Å². The number of nitrogens with zero attached hydrogens (tertiary/aromatic N) is 4. The van der Waals surface area contributed by atoms with Gasteiger partial charge in [-0.15, -0.1) is 0 Å². The lowest BCUT2D eigenvalue weighted by Gasteiger charge is -2.42. The molecule has 7 heteroatoms. The minimum atomic E-state index is -0.470. The number of hydrogen-bond acceptors (Lipinski definition) is 6. The average molecular weight is 417 g/mol. The van der Waals surface area contributed by atoms with Gasteiger partial charge in [-0.05, 0) is 58.3 Å². The lowest BCUT2D eigenvalue weighted by Crippen LogP contribution is -2.50. The molecule has 1 spiro atoms. The topological polar surface area (TPSA) is 67.8 Å². The van der Waals surface area contributed by atoms with Gasteiger partial charge < -0.3 is 19.3 Å². The Kier molecular flexibility index (Phi) is 5.82. The van der Waals surface area contributed by atoms with Crippen molar-refractivity contribution in [3.05, 3.63) is 11.3 Å². The van der Waals surface area contributed by atoms with E-state index in [1.54, 1.807) is 12.0 Å². The van der Waals surface area contributed by atoms with Gasteiger partial charge in [-0.2, -0.15) is 9.97 Å². The molecule has 1 aromatic heterocycles. The SMILES string of the molecule is COc1nc2c(c(N3CCN(C(=O)OC(C)(C)C)CC3)n1)CCC1(CCCCC1)C2. The van der Waals surface area contributed by atoms with Gasteiger partial charge in [0, 0.05) is 31.7 Å². The molecule has 1 saturated carbocycles. The molecule has 1 aliphatic heterocycles. The van der Waals surface area contributed by atoms with Crippen LogP contribution in [0.15, 0.2) is 0 Å². The predicted molar refractivity (Wildman–Crippen MR) is 116 cm³/mol. The second-order valence-electron chi connectivity index (χ2n) is 10.2. The second kappa shape index (κ2) is 8.23. The fraction of sp³-hybridized carbons (Fsp3) is 0.783. The second-order valence-corrected chi connectivity index (χ2v) is 10.2. The molecule has 0 unspecified atom stereocenters. The highest BCUT2D eigenvalue weighted by molar-refractivity contribution is 5.68. The van der Waals surface area contributed by atoms with Gasteiger partial charge in [-0.3, -0.25) is 0 Å². The minimum Gasteiger partial charge on any atom is -0.467 e. The van der Waals surface area contributed by atoms with Crippen LogP contribution >= 0.6 is 0 Å². The molecule has 7 nitrogen and oxygen atoms in total. The number of ether oxygens (including phenoxy) is 2. The van der Waals surface area contributed by atoms with Crippen molar-refractivity contribution in [2.45, 2.75) is 77.7 Å². The van der Waals surface area contributed by atoms with Gasteiger partial charge in [0.05, 0.1) is 12.8 Å². The molecule has 2 aliphatic carbocycles. The van der Waals surface area contributed by atoms with Crippen LogP contribution in [-0.4, -0.2) is 59.9 Å². The molecular weight excluding hydrogens is 380 g/mol. The lowest BCUT2D eigenvalue weighted by molar-refractivity contribution is 0.0240. The Morgan fingerprint density at radius 1 is 1.00 bits per heavy atom. The molecule has 2 fully saturated rings. The van der Waals surface area contributed by atoms with E-state index in [9.17, 15) is 4.79 Å². The number of carbonyl (C=O) groups is 1. The van der Waals surface area contributed by atoms with Crippen LogP contribution in [0.5, 0.6) is 6.01 Å². The van der Waals surface area contributed by atoms with Gasteiger partial charge in [0.15, 0.2) is 0 Å². The van der Waals surface area contributed by atoms with Crippen LogP contribution in [0.1, 0.15) is 70.6 Å². The summed E-state index contributed by atoms with van der Waals surface area (Å²) in [6.45, 7) is 8.48. The number of piperazine rings is 1. The summed E-state index contributed by atoms with van der Waals surface area (Å²) in [7, 11) is 1.64. The molecule has 0 atom stereocenters. The van der Waals surface area contributed by atoms with Crippen molar-refractivity contribution in [1.82, 2.24) is 14.9 Å².